The maximum absolute atomic E-state index is 13.1. The fourth-order valence-corrected chi connectivity index (χ4v) is 5.17. The molecule has 3 aromatic rings. The van der Waals surface area contributed by atoms with Gasteiger partial charge in [-0.25, -0.2) is 0 Å². The lowest BCUT2D eigenvalue weighted by atomic mass is 10.0. The molecule has 5 nitrogen and oxygen atoms in total. The molecule has 0 bridgehead atoms. The van der Waals surface area contributed by atoms with Crippen molar-refractivity contribution in [3.8, 4) is 0 Å². The van der Waals surface area contributed by atoms with Crippen molar-refractivity contribution in [1.82, 2.24) is 14.8 Å². The molecule has 180 valence electrons. The molecule has 2 heterocycles. The van der Waals surface area contributed by atoms with E-state index in [1.165, 1.54) is 17.5 Å². The molecular weight excluding hydrogens is 440 g/mol. The molecule has 1 fully saturated rings. The Morgan fingerprint density at radius 3 is 2.65 bits per heavy atom. The van der Waals surface area contributed by atoms with E-state index < -0.39 is 0 Å². The van der Waals surface area contributed by atoms with Gasteiger partial charge in [-0.3, -0.25) is 9.69 Å². The fraction of sp³-hybridized carbons (Fsp3) is 0.429. The van der Waals surface area contributed by atoms with Crippen molar-refractivity contribution in [1.29, 1.82) is 0 Å². The van der Waals surface area contributed by atoms with Crippen LogP contribution in [0, 0.1) is 13.8 Å². The van der Waals surface area contributed by atoms with Crippen LogP contribution in [0.15, 0.2) is 47.3 Å². The minimum Gasteiger partial charge on any atom is -0.343 e. The summed E-state index contributed by atoms with van der Waals surface area (Å²) >= 11 is 5.89. The number of aromatic nitrogens is 1. The number of pyridine rings is 1. The maximum Gasteiger partial charge on any atom is 0.253 e. The molecule has 2 aromatic carbocycles. The van der Waals surface area contributed by atoms with Gasteiger partial charge in [0.15, 0.2) is 5.11 Å². The number of fused-ring (bicyclic) bond motifs is 1. The van der Waals surface area contributed by atoms with E-state index in [1.54, 1.807) is 0 Å². The number of benzene rings is 2. The molecule has 1 saturated heterocycles. The summed E-state index contributed by atoms with van der Waals surface area (Å²) in [6.45, 7) is 11.9. The van der Waals surface area contributed by atoms with Crippen molar-refractivity contribution in [2.75, 3.05) is 25.0 Å². The second-order valence-electron chi connectivity index (χ2n) is 9.38. The molecule has 0 spiro atoms. The molecule has 1 aromatic heterocycles. The van der Waals surface area contributed by atoms with E-state index >= 15 is 0 Å². The van der Waals surface area contributed by atoms with Crippen LogP contribution in [-0.2, 0) is 13.0 Å². The Hall–Kier alpha value is -2.70. The van der Waals surface area contributed by atoms with Gasteiger partial charge in [0.1, 0.15) is 0 Å². The van der Waals surface area contributed by atoms with Gasteiger partial charge in [0.05, 0.1) is 12.1 Å². The number of thiocarbonyl (C=S) groups is 1. The number of nitrogens with one attached hydrogen (secondary N) is 2. The number of hydrogen-bond acceptors (Lipinski definition) is 3. The van der Waals surface area contributed by atoms with Gasteiger partial charge < -0.3 is 15.2 Å². The summed E-state index contributed by atoms with van der Waals surface area (Å²) in [6.07, 6.45) is 3.38. The summed E-state index contributed by atoms with van der Waals surface area (Å²) in [7, 11) is 0. The van der Waals surface area contributed by atoms with Gasteiger partial charge in [0.25, 0.3) is 5.56 Å². The standard InChI is InChI=1S/C28H36N4OS/c1-5-21-10-13-24(14-11-21)29-28(34)32(18-25-8-7-15-31(25)6-2)17-23-16-22-12-9-19(3)20(4)26(22)30-27(23)33/h9-14,16,25H,5-8,15,17-18H2,1-4H3,(H,29,34)(H,30,33). The Bertz CT molecular complexity index is 1220. The minimum absolute atomic E-state index is 0.0416. The predicted octanol–water partition coefficient (Wildman–Crippen LogP) is 5.39. The highest BCUT2D eigenvalue weighted by Crippen LogP contribution is 2.22. The lowest BCUT2D eigenvalue weighted by molar-refractivity contribution is 0.221. The first kappa shape index (κ1) is 24.4. The predicted molar refractivity (Wildman–Crippen MR) is 147 cm³/mol. The third-order valence-corrected chi connectivity index (χ3v) is 7.59. The number of anilines is 1. The Kier molecular flexibility index (Phi) is 7.69. The molecule has 1 aliphatic rings. The van der Waals surface area contributed by atoms with Crippen LogP contribution in [0.1, 0.15) is 48.9 Å². The molecule has 0 amide bonds. The smallest absolute Gasteiger partial charge is 0.253 e. The molecular formula is C28H36N4OS. The molecule has 34 heavy (non-hydrogen) atoms. The van der Waals surface area contributed by atoms with Gasteiger partial charge in [-0.05, 0) is 98.7 Å². The highest BCUT2D eigenvalue weighted by molar-refractivity contribution is 7.80. The van der Waals surface area contributed by atoms with Crippen molar-refractivity contribution in [3.05, 3.63) is 75.1 Å². The van der Waals surface area contributed by atoms with E-state index in [0.717, 1.165) is 60.2 Å². The SMILES string of the molecule is CCc1ccc(NC(=S)N(Cc2cc3ccc(C)c(C)c3[nH]c2=O)CC2CCCN2CC)cc1. The van der Waals surface area contributed by atoms with E-state index in [-0.39, 0.29) is 5.56 Å². The monoisotopic (exact) mass is 476 g/mol. The third kappa shape index (κ3) is 5.34. The minimum atomic E-state index is -0.0416. The van der Waals surface area contributed by atoms with E-state index in [4.69, 9.17) is 12.2 Å². The average Bonchev–Trinajstić information content (AvgIpc) is 3.29. The van der Waals surface area contributed by atoms with E-state index in [2.05, 4.69) is 84.2 Å². The lowest BCUT2D eigenvalue weighted by Crippen LogP contribution is -2.44. The van der Waals surface area contributed by atoms with Gasteiger partial charge in [0.2, 0.25) is 0 Å². The van der Waals surface area contributed by atoms with Gasteiger partial charge in [0, 0.05) is 23.8 Å². The molecule has 0 saturated carbocycles. The summed E-state index contributed by atoms with van der Waals surface area (Å²) in [5.74, 6) is 0. The summed E-state index contributed by atoms with van der Waals surface area (Å²) in [4.78, 5) is 20.9. The third-order valence-electron chi connectivity index (χ3n) is 7.23. The largest absolute Gasteiger partial charge is 0.343 e. The zero-order valence-electron chi connectivity index (χ0n) is 20.8. The molecule has 1 atom stereocenters. The first-order valence-corrected chi connectivity index (χ1v) is 12.8. The maximum atomic E-state index is 13.1. The quantitative estimate of drug-likeness (QED) is 0.448. The van der Waals surface area contributed by atoms with Gasteiger partial charge >= 0.3 is 0 Å². The van der Waals surface area contributed by atoms with Gasteiger partial charge in [-0.1, -0.05) is 38.1 Å². The van der Waals surface area contributed by atoms with Crippen LogP contribution >= 0.6 is 12.2 Å². The Balaban J connectivity index is 1.62. The van der Waals surface area contributed by atoms with Crippen LogP contribution in [0.25, 0.3) is 10.9 Å². The summed E-state index contributed by atoms with van der Waals surface area (Å²) in [5, 5.41) is 5.14. The van der Waals surface area contributed by atoms with E-state index in [9.17, 15) is 4.79 Å². The Morgan fingerprint density at radius 1 is 1.18 bits per heavy atom. The molecule has 1 unspecified atom stereocenters. The Morgan fingerprint density at radius 2 is 1.94 bits per heavy atom. The molecule has 0 aliphatic carbocycles. The fourth-order valence-electron chi connectivity index (χ4n) is 4.91. The first-order valence-electron chi connectivity index (χ1n) is 12.4. The highest BCUT2D eigenvalue weighted by atomic mass is 32.1. The number of nitrogens with zero attached hydrogens (tertiary/aromatic N) is 2. The number of aryl methyl sites for hydroxylation is 3. The number of H-pyrrole nitrogens is 1. The summed E-state index contributed by atoms with van der Waals surface area (Å²) in [6, 6.07) is 15.1. The first-order chi connectivity index (χ1) is 16.4. The van der Waals surface area contributed by atoms with Crippen molar-refractivity contribution in [2.24, 2.45) is 0 Å². The van der Waals surface area contributed by atoms with E-state index in [1.807, 2.05) is 6.07 Å². The lowest BCUT2D eigenvalue weighted by Gasteiger charge is -2.32. The molecule has 6 heteroatoms. The van der Waals surface area contributed by atoms with Crippen LogP contribution in [0.5, 0.6) is 0 Å². The van der Waals surface area contributed by atoms with Crippen molar-refractivity contribution in [2.45, 2.75) is 59.5 Å². The molecule has 2 N–H and O–H groups in total. The van der Waals surface area contributed by atoms with Gasteiger partial charge in [-0.15, -0.1) is 0 Å². The molecule has 1 aliphatic heterocycles. The zero-order chi connectivity index (χ0) is 24.2. The average molecular weight is 477 g/mol. The number of rotatable bonds is 7. The zero-order valence-corrected chi connectivity index (χ0v) is 21.6. The van der Waals surface area contributed by atoms with E-state index in [0.29, 0.717) is 17.7 Å². The number of likely N-dealkylation sites (tertiary alicyclic amines) is 1. The van der Waals surface area contributed by atoms with Crippen LogP contribution in [0.2, 0.25) is 0 Å². The second kappa shape index (κ2) is 10.7. The van der Waals surface area contributed by atoms with Crippen LogP contribution in [-0.4, -0.2) is 45.6 Å². The number of likely N-dealkylation sites (N-methyl/N-ethyl adjacent to an activating group) is 1. The second-order valence-corrected chi connectivity index (χ2v) is 9.77. The Labute approximate surface area is 208 Å². The van der Waals surface area contributed by atoms with Crippen LogP contribution < -0.4 is 10.9 Å². The number of aromatic amines is 1. The highest BCUT2D eigenvalue weighted by Gasteiger charge is 2.26. The number of hydrogen-bond donors (Lipinski definition) is 2. The summed E-state index contributed by atoms with van der Waals surface area (Å²) in [5.41, 5.74) is 6.19. The molecule has 0 radical (unpaired) electrons. The van der Waals surface area contributed by atoms with Crippen molar-refractivity contribution >= 4 is 33.9 Å². The van der Waals surface area contributed by atoms with Gasteiger partial charge in [-0.2, -0.15) is 0 Å². The van der Waals surface area contributed by atoms with Crippen molar-refractivity contribution < 1.29 is 0 Å². The van der Waals surface area contributed by atoms with Crippen LogP contribution in [0.3, 0.4) is 0 Å². The normalized spacial score (nSPS) is 16.2. The topological polar surface area (TPSA) is 51.4 Å². The van der Waals surface area contributed by atoms with Crippen molar-refractivity contribution in [3.63, 3.8) is 0 Å². The molecule has 4 rings (SSSR count). The summed E-state index contributed by atoms with van der Waals surface area (Å²) < 4.78 is 0. The van der Waals surface area contributed by atoms with Crippen LogP contribution in [0.4, 0.5) is 5.69 Å².